The molecule has 6 nitrogen and oxygen atoms in total. The highest BCUT2D eigenvalue weighted by Gasteiger charge is 2.47. The van der Waals surface area contributed by atoms with E-state index < -0.39 is 29.5 Å². The quantitative estimate of drug-likeness (QED) is 0.327. The van der Waals surface area contributed by atoms with Crippen molar-refractivity contribution in [3.63, 3.8) is 0 Å². The maximum atomic E-state index is 12.7. The standard InChI is InChI=1S/C21H26O6/c1-6-21(4,5)20(24)27-15-8-11(2)7-14-9-13(19(23)25-14)10-16-17(15)12(3)18(22)26-16/h8-9,14-17H,3,6-7,10H2,1-2,4-5H3/b11-8+/t14-,15+,16-,17-/m0/s1. The van der Waals surface area contributed by atoms with Gasteiger partial charge in [0.2, 0.25) is 0 Å². The van der Waals surface area contributed by atoms with Crippen molar-refractivity contribution >= 4 is 17.9 Å². The Bertz CT molecular complexity index is 757. The molecule has 1 fully saturated rings. The molecule has 0 amide bonds. The van der Waals surface area contributed by atoms with Crippen molar-refractivity contribution < 1.29 is 28.6 Å². The molecule has 4 atom stereocenters. The molecule has 2 aliphatic heterocycles. The van der Waals surface area contributed by atoms with E-state index >= 15 is 0 Å². The number of fused-ring (bicyclic) bond motifs is 2. The number of esters is 3. The molecule has 0 unspecified atom stereocenters. The largest absolute Gasteiger partial charge is 0.458 e. The maximum Gasteiger partial charge on any atom is 0.334 e. The molecule has 0 saturated carbocycles. The van der Waals surface area contributed by atoms with E-state index in [1.54, 1.807) is 6.08 Å². The first kappa shape index (κ1) is 19.4. The van der Waals surface area contributed by atoms with E-state index in [4.69, 9.17) is 14.2 Å². The SMILES string of the molecule is C=C1C(=O)O[C@H]2CC3=C[C@H](C/C(C)=C/[C@@H](OC(=O)C(C)(C)CC)[C@H]12)OC3=O. The number of hydrogen-bond acceptors (Lipinski definition) is 6. The summed E-state index contributed by atoms with van der Waals surface area (Å²) in [5.41, 5.74) is 1.02. The van der Waals surface area contributed by atoms with E-state index in [1.807, 2.05) is 33.8 Å². The molecule has 0 spiro atoms. The highest BCUT2D eigenvalue weighted by atomic mass is 16.6. The summed E-state index contributed by atoms with van der Waals surface area (Å²) in [6.45, 7) is 11.3. The molecular weight excluding hydrogens is 348 g/mol. The smallest absolute Gasteiger partial charge is 0.334 e. The van der Waals surface area contributed by atoms with Gasteiger partial charge in [-0.2, -0.15) is 0 Å². The lowest BCUT2D eigenvalue weighted by Gasteiger charge is -2.29. The van der Waals surface area contributed by atoms with Crippen LogP contribution >= 0.6 is 0 Å². The molecule has 0 N–H and O–H groups in total. The highest BCUT2D eigenvalue weighted by molar-refractivity contribution is 5.93. The summed E-state index contributed by atoms with van der Waals surface area (Å²) in [5.74, 6) is -1.77. The molecule has 1 aliphatic carbocycles. The fourth-order valence-corrected chi connectivity index (χ4v) is 3.54. The number of carbonyl (C=O) groups is 3. The van der Waals surface area contributed by atoms with E-state index in [-0.39, 0.29) is 30.0 Å². The zero-order chi connectivity index (χ0) is 19.9. The number of carbonyl (C=O) groups excluding carboxylic acids is 3. The van der Waals surface area contributed by atoms with Crippen LogP contribution in [0.5, 0.6) is 0 Å². The third kappa shape index (κ3) is 3.70. The van der Waals surface area contributed by atoms with Gasteiger partial charge in [-0.1, -0.05) is 19.1 Å². The van der Waals surface area contributed by atoms with Gasteiger partial charge >= 0.3 is 17.9 Å². The predicted octanol–water partition coefficient (Wildman–Crippen LogP) is 3.02. The first-order valence-electron chi connectivity index (χ1n) is 9.32. The molecular formula is C21H26O6. The Labute approximate surface area is 159 Å². The average molecular weight is 374 g/mol. The minimum atomic E-state index is -0.680. The minimum absolute atomic E-state index is 0.225. The first-order valence-corrected chi connectivity index (χ1v) is 9.32. The van der Waals surface area contributed by atoms with Gasteiger partial charge in [0, 0.05) is 24.0 Å². The van der Waals surface area contributed by atoms with Crippen LogP contribution in [-0.2, 0) is 28.6 Å². The Morgan fingerprint density at radius 2 is 1.93 bits per heavy atom. The fourth-order valence-electron chi connectivity index (χ4n) is 3.54. The minimum Gasteiger partial charge on any atom is -0.458 e. The Morgan fingerprint density at radius 1 is 1.22 bits per heavy atom. The first-order chi connectivity index (χ1) is 12.6. The number of hydrogen-bond donors (Lipinski definition) is 0. The molecule has 146 valence electrons. The van der Waals surface area contributed by atoms with E-state index in [9.17, 15) is 14.4 Å². The van der Waals surface area contributed by atoms with Crippen LogP contribution in [0.3, 0.4) is 0 Å². The summed E-state index contributed by atoms with van der Waals surface area (Å²) in [7, 11) is 0. The van der Waals surface area contributed by atoms with Crippen molar-refractivity contribution in [2.45, 2.75) is 65.3 Å². The number of ether oxygens (including phenoxy) is 3. The van der Waals surface area contributed by atoms with Gasteiger partial charge in [0.05, 0.1) is 11.3 Å². The molecule has 0 aromatic rings. The van der Waals surface area contributed by atoms with Gasteiger partial charge in [-0.05, 0) is 39.3 Å². The summed E-state index contributed by atoms with van der Waals surface area (Å²) in [4.78, 5) is 37.0. The van der Waals surface area contributed by atoms with Crippen LogP contribution in [0, 0.1) is 11.3 Å². The van der Waals surface area contributed by atoms with Gasteiger partial charge in [0.15, 0.2) is 0 Å². The second kappa shape index (κ2) is 6.98. The number of rotatable bonds is 3. The van der Waals surface area contributed by atoms with Gasteiger partial charge in [-0.25, -0.2) is 9.59 Å². The fraction of sp³-hybridized carbons (Fsp3) is 0.571. The Morgan fingerprint density at radius 3 is 2.59 bits per heavy atom. The van der Waals surface area contributed by atoms with Gasteiger partial charge < -0.3 is 14.2 Å². The molecule has 27 heavy (non-hydrogen) atoms. The van der Waals surface area contributed by atoms with Crippen molar-refractivity contribution in [2.75, 3.05) is 0 Å². The Kier molecular flexibility index (Phi) is 5.02. The van der Waals surface area contributed by atoms with Crippen LogP contribution in [0.25, 0.3) is 0 Å². The van der Waals surface area contributed by atoms with Crippen LogP contribution in [0.4, 0.5) is 0 Å². The summed E-state index contributed by atoms with van der Waals surface area (Å²) >= 11 is 0. The zero-order valence-electron chi connectivity index (χ0n) is 16.2. The highest BCUT2D eigenvalue weighted by Crippen LogP contribution is 2.39. The van der Waals surface area contributed by atoms with Crippen LogP contribution in [0.15, 0.2) is 35.5 Å². The lowest BCUT2D eigenvalue weighted by Crippen LogP contribution is -2.37. The van der Waals surface area contributed by atoms with Crippen molar-refractivity contribution in [2.24, 2.45) is 11.3 Å². The molecule has 3 aliphatic rings. The van der Waals surface area contributed by atoms with Crippen molar-refractivity contribution in [1.82, 2.24) is 0 Å². The Hall–Kier alpha value is -2.37. The second-order valence-electron chi connectivity index (χ2n) is 8.16. The summed E-state index contributed by atoms with van der Waals surface area (Å²) < 4.78 is 16.7. The molecule has 2 bridgehead atoms. The molecule has 0 radical (unpaired) electrons. The normalized spacial score (nSPS) is 32.7. The summed E-state index contributed by atoms with van der Waals surface area (Å²) in [6.07, 6.45) is 3.35. The van der Waals surface area contributed by atoms with E-state index in [0.717, 1.165) is 5.57 Å². The monoisotopic (exact) mass is 374 g/mol. The predicted molar refractivity (Wildman–Crippen MR) is 97.4 cm³/mol. The molecule has 2 heterocycles. The van der Waals surface area contributed by atoms with Crippen LogP contribution in [-0.4, -0.2) is 36.2 Å². The third-order valence-corrected chi connectivity index (χ3v) is 5.66. The summed E-state index contributed by atoms with van der Waals surface area (Å²) in [6, 6.07) is 0. The van der Waals surface area contributed by atoms with Gasteiger partial charge in [-0.15, -0.1) is 0 Å². The van der Waals surface area contributed by atoms with Crippen molar-refractivity contribution in [3.8, 4) is 0 Å². The van der Waals surface area contributed by atoms with E-state index in [1.165, 1.54) is 0 Å². The maximum absolute atomic E-state index is 12.7. The van der Waals surface area contributed by atoms with Gasteiger partial charge in [0.1, 0.15) is 18.3 Å². The van der Waals surface area contributed by atoms with Crippen molar-refractivity contribution in [3.05, 3.63) is 35.5 Å². The Balaban J connectivity index is 1.97. The topological polar surface area (TPSA) is 78.9 Å². The molecule has 6 heteroatoms. The molecule has 1 saturated heterocycles. The van der Waals surface area contributed by atoms with E-state index in [0.29, 0.717) is 18.4 Å². The lowest BCUT2D eigenvalue weighted by molar-refractivity contribution is -0.160. The lowest BCUT2D eigenvalue weighted by atomic mass is 9.85. The van der Waals surface area contributed by atoms with Crippen molar-refractivity contribution in [1.29, 1.82) is 0 Å². The van der Waals surface area contributed by atoms with E-state index in [2.05, 4.69) is 6.58 Å². The average Bonchev–Trinajstić information content (AvgIpc) is 3.05. The van der Waals surface area contributed by atoms with Gasteiger partial charge in [0.25, 0.3) is 0 Å². The summed E-state index contributed by atoms with van der Waals surface area (Å²) in [5, 5.41) is 0. The zero-order valence-corrected chi connectivity index (χ0v) is 16.2. The van der Waals surface area contributed by atoms with Crippen LogP contribution in [0.2, 0.25) is 0 Å². The van der Waals surface area contributed by atoms with Crippen LogP contribution < -0.4 is 0 Å². The second-order valence-corrected chi connectivity index (χ2v) is 8.16. The van der Waals surface area contributed by atoms with Crippen LogP contribution in [0.1, 0.15) is 47.0 Å². The van der Waals surface area contributed by atoms with Gasteiger partial charge in [-0.3, -0.25) is 4.79 Å². The molecule has 3 rings (SSSR count). The molecule has 0 aromatic heterocycles. The molecule has 0 aromatic carbocycles. The third-order valence-electron chi connectivity index (χ3n) is 5.66.